The molecule has 0 radical (unpaired) electrons. The molecule has 4 heteroatoms. The molecule has 0 unspecified atom stereocenters. The molecule has 1 N–H and O–H groups in total. The van der Waals surface area contributed by atoms with E-state index >= 15 is 0 Å². The van der Waals surface area contributed by atoms with Gasteiger partial charge >= 0.3 is 0 Å². The number of amides is 1. The number of benzene rings is 2. The van der Waals surface area contributed by atoms with Crippen LogP contribution >= 0.6 is 15.9 Å². The lowest BCUT2D eigenvalue weighted by molar-refractivity contribution is -0.121. The Balaban J connectivity index is 2.32. The standard InChI is InChI=1S/C19H18BrNO2/c1-13(2)18(22)17(12-14-8-10-15(20)11-9-14)19(23)21-16-6-4-3-5-7-16/h3-13H,1-2H3,(H,21,23). The predicted octanol–water partition coefficient (Wildman–Crippen LogP) is 4.70. The van der Waals surface area contributed by atoms with E-state index in [1.54, 1.807) is 32.1 Å². The van der Waals surface area contributed by atoms with Crippen molar-refractivity contribution in [1.82, 2.24) is 0 Å². The maximum absolute atomic E-state index is 12.5. The van der Waals surface area contributed by atoms with Crippen LogP contribution in [0.15, 0.2) is 64.6 Å². The van der Waals surface area contributed by atoms with Gasteiger partial charge in [-0.05, 0) is 35.9 Å². The maximum atomic E-state index is 12.5. The Morgan fingerprint density at radius 3 is 2.17 bits per heavy atom. The van der Waals surface area contributed by atoms with E-state index in [4.69, 9.17) is 0 Å². The zero-order chi connectivity index (χ0) is 16.8. The Labute approximate surface area is 144 Å². The molecule has 0 aliphatic heterocycles. The van der Waals surface area contributed by atoms with Gasteiger partial charge in [0.1, 0.15) is 0 Å². The Bertz CT molecular complexity index is 719. The summed E-state index contributed by atoms with van der Waals surface area (Å²) in [5, 5.41) is 2.77. The number of carbonyl (C=O) groups is 2. The highest BCUT2D eigenvalue weighted by Gasteiger charge is 2.21. The molecule has 2 aromatic rings. The number of hydrogen-bond acceptors (Lipinski definition) is 2. The van der Waals surface area contributed by atoms with Crippen molar-refractivity contribution in [2.75, 3.05) is 5.32 Å². The van der Waals surface area contributed by atoms with Crippen LogP contribution < -0.4 is 5.32 Å². The number of ketones is 1. The smallest absolute Gasteiger partial charge is 0.259 e. The minimum Gasteiger partial charge on any atom is -0.322 e. The third-order valence-corrected chi connectivity index (χ3v) is 3.78. The molecule has 0 aliphatic carbocycles. The van der Waals surface area contributed by atoms with Gasteiger partial charge in [-0.25, -0.2) is 0 Å². The molecule has 0 atom stereocenters. The van der Waals surface area contributed by atoms with Crippen LogP contribution in [0.25, 0.3) is 6.08 Å². The summed E-state index contributed by atoms with van der Waals surface area (Å²) >= 11 is 3.37. The fourth-order valence-corrected chi connectivity index (χ4v) is 2.27. The first-order valence-corrected chi connectivity index (χ1v) is 8.14. The van der Waals surface area contributed by atoms with Gasteiger partial charge in [-0.1, -0.05) is 60.1 Å². The van der Waals surface area contributed by atoms with Crippen LogP contribution in [0.2, 0.25) is 0 Å². The normalized spacial score (nSPS) is 11.4. The molecule has 2 rings (SSSR count). The van der Waals surface area contributed by atoms with E-state index in [-0.39, 0.29) is 17.3 Å². The Morgan fingerprint density at radius 1 is 1.00 bits per heavy atom. The van der Waals surface area contributed by atoms with E-state index in [0.717, 1.165) is 10.0 Å². The number of halogens is 1. The van der Waals surface area contributed by atoms with Crippen LogP contribution in [-0.2, 0) is 9.59 Å². The first-order valence-electron chi connectivity index (χ1n) is 7.35. The first kappa shape index (κ1) is 17.2. The molecule has 0 saturated heterocycles. The highest BCUT2D eigenvalue weighted by Crippen LogP contribution is 2.17. The largest absolute Gasteiger partial charge is 0.322 e. The van der Waals surface area contributed by atoms with Crippen molar-refractivity contribution in [1.29, 1.82) is 0 Å². The Morgan fingerprint density at radius 2 is 1.61 bits per heavy atom. The van der Waals surface area contributed by atoms with Gasteiger partial charge in [0, 0.05) is 16.1 Å². The molecule has 1 amide bonds. The topological polar surface area (TPSA) is 46.2 Å². The number of rotatable bonds is 5. The highest BCUT2D eigenvalue weighted by molar-refractivity contribution is 9.10. The second kappa shape index (κ2) is 7.88. The molecule has 0 bridgehead atoms. The molecule has 23 heavy (non-hydrogen) atoms. The fraction of sp³-hybridized carbons (Fsp3) is 0.158. The van der Waals surface area contributed by atoms with Crippen LogP contribution in [0, 0.1) is 5.92 Å². The quantitative estimate of drug-likeness (QED) is 0.470. The molecule has 118 valence electrons. The van der Waals surface area contributed by atoms with Crippen molar-refractivity contribution >= 4 is 39.4 Å². The molecule has 0 spiro atoms. The third kappa shape index (κ3) is 4.89. The highest BCUT2D eigenvalue weighted by atomic mass is 79.9. The third-order valence-electron chi connectivity index (χ3n) is 3.25. The summed E-state index contributed by atoms with van der Waals surface area (Å²) in [5.74, 6) is -0.822. The number of Topliss-reactive ketones (excluding diaryl/α,β-unsaturated/α-hetero) is 1. The molecular formula is C19H18BrNO2. The molecule has 0 fully saturated rings. The Hall–Kier alpha value is -2.20. The predicted molar refractivity (Wildman–Crippen MR) is 97.0 cm³/mol. The summed E-state index contributed by atoms with van der Waals surface area (Å²) in [7, 11) is 0. The van der Waals surface area contributed by atoms with Gasteiger partial charge in [0.15, 0.2) is 5.78 Å². The van der Waals surface area contributed by atoms with Crippen LogP contribution in [0.4, 0.5) is 5.69 Å². The zero-order valence-electron chi connectivity index (χ0n) is 13.0. The Kier molecular flexibility index (Phi) is 5.88. The van der Waals surface area contributed by atoms with E-state index in [0.29, 0.717) is 5.69 Å². The van der Waals surface area contributed by atoms with Gasteiger partial charge in [0.05, 0.1) is 5.57 Å². The molecule has 0 heterocycles. The molecule has 0 aromatic heterocycles. The molecule has 2 aromatic carbocycles. The van der Waals surface area contributed by atoms with Crippen molar-refractivity contribution in [3.8, 4) is 0 Å². The summed E-state index contributed by atoms with van der Waals surface area (Å²) < 4.78 is 0.945. The van der Waals surface area contributed by atoms with Crippen LogP contribution in [-0.4, -0.2) is 11.7 Å². The second-order valence-corrected chi connectivity index (χ2v) is 6.36. The van der Waals surface area contributed by atoms with Crippen LogP contribution in [0.1, 0.15) is 19.4 Å². The van der Waals surface area contributed by atoms with Crippen molar-refractivity contribution in [3.05, 3.63) is 70.2 Å². The summed E-state index contributed by atoms with van der Waals surface area (Å²) in [6, 6.07) is 16.6. The summed E-state index contributed by atoms with van der Waals surface area (Å²) in [6.45, 7) is 3.57. The SMILES string of the molecule is CC(C)C(=O)C(=Cc1ccc(Br)cc1)C(=O)Nc1ccccc1. The summed E-state index contributed by atoms with van der Waals surface area (Å²) in [6.07, 6.45) is 1.63. The molecule has 3 nitrogen and oxygen atoms in total. The summed E-state index contributed by atoms with van der Waals surface area (Å²) in [4.78, 5) is 24.9. The monoisotopic (exact) mass is 371 g/mol. The minimum absolute atomic E-state index is 0.158. The van der Waals surface area contributed by atoms with Crippen molar-refractivity contribution in [3.63, 3.8) is 0 Å². The average Bonchev–Trinajstić information content (AvgIpc) is 2.54. The lowest BCUT2D eigenvalue weighted by atomic mass is 9.98. The number of nitrogens with one attached hydrogen (secondary N) is 1. The van der Waals surface area contributed by atoms with Gasteiger partial charge < -0.3 is 5.32 Å². The van der Waals surface area contributed by atoms with Gasteiger partial charge in [-0.3, -0.25) is 9.59 Å². The number of anilines is 1. The van der Waals surface area contributed by atoms with Gasteiger partial charge in [0.25, 0.3) is 5.91 Å². The maximum Gasteiger partial charge on any atom is 0.259 e. The lowest BCUT2D eigenvalue weighted by Crippen LogP contribution is -2.23. The van der Waals surface area contributed by atoms with E-state index < -0.39 is 5.91 Å². The molecular weight excluding hydrogens is 354 g/mol. The van der Waals surface area contributed by atoms with E-state index in [9.17, 15) is 9.59 Å². The number of hydrogen-bond donors (Lipinski definition) is 1. The number of para-hydroxylation sites is 1. The fourth-order valence-electron chi connectivity index (χ4n) is 2.01. The first-order chi connectivity index (χ1) is 11.0. The summed E-state index contributed by atoms with van der Waals surface area (Å²) in [5.41, 5.74) is 1.63. The zero-order valence-corrected chi connectivity index (χ0v) is 14.6. The van der Waals surface area contributed by atoms with Gasteiger partial charge in [0.2, 0.25) is 0 Å². The van der Waals surface area contributed by atoms with E-state index in [1.165, 1.54) is 0 Å². The second-order valence-electron chi connectivity index (χ2n) is 5.45. The molecule has 0 saturated carbocycles. The van der Waals surface area contributed by atoms with E-state index in [2.05, 4.69) is 21.2 Å². The van der Waals surface area contributed by atoms with Gasteiger partial charge in [-0.2, -0.15) is 0 Å². The van der Waals surface area contributed by atoms with E-state index in [1.807, 2.05) is 42.5 Å². The molecule has 0 aliphatic rings. The lowest BCUT2D eigenvalue weighted by Gasteiger charge is -2.10. The van der Waals surface area contributed by atoms with Crippen LogP contribution in [0.5, 0.6) is 0 Å². The minimum atomic E-state index is -0.391. The van der Waals surface area contributed by atoms with Gasteiger partial charge in [-0.15, -0.1) is 0 Å². The van der Waals surface area contributed by atoms with Crippen LogP contribution in [0.3, 0.4) is 0 Å². The van der Waals surface area contributed by atoms with Crippen molar-refractivity contribution in [2.24, 2.45) is 5.92 Å². The van der Waals surface area contributed by atoms with Crippen molar-refractivity contribution in [2.45, 2.75) is 13.8 Å². The van der Waals surface area contributed by atoms with Crippen molar-refractivity contribution < 1.29 is 9.59 Å². The number of carbonyl (C=O) groups excluding carboxylic acids is 2. The average molecular weight is 372 g/mol.